The van der Waals surface area contributed by atoms with E-state index in [0.29, 0.717) is 6.04 Å². The van der Waals surface area contributed by atoms with Crippen molar-refractivity contribution in [3.8, 4) is 0 Å². The summed E-state index contributed by atoms with van der Waals surface area (Å²) in [5.74, 6) is 2.59. The van der Waals surface area contributed by atoms with Crippen molar-refractivity contribution in [3.05, 3.63) is 0 Å². The number of hydrogen-bond acceptors (Lipinski definition) is 2. The molecule has 2 rings (SSSR count). The summed E-state index contributed by atoms with van der Waals surface area (Å²) >= 11 is 0. The van der Waals surface area contributed by atoms with Crippen LogP contribution in [0.5, 0.6) is 0 Å². The quantitative estimate of drug-likeness (QED) is 0.821. The lowest BCUT2D eigenvalue weighted by Gasteiger charge is -2.41. The van der Waals surface area contributed by atoms with E-state index < -0.39 is 0 Å². The third kappa shape index (κ3) is 4.21. The summed E-state index contributed by atoms with van der Waals surface area (Å²) in [6, 6.07) is 1.46. The molecule has 0 amide bonds. The molecule has 0 spiro atoms. The number of likely N-dealkylation sites (tertiary alicyclic amines) is 1. The van der Waals surface area contributed by atoms with Gasteiger partial charge in [-0.15, -0.1) is 0 Å². The Labute approximate surface area is 126 Å². The molecule has 1 saturated carbocycles. The van der Waals surface area contributed by atoms with E-state index in [9.17, 15) is 0 Å². The second-order valence-electron chi connectivity index (χ2n) is 7.55. The van der Waals surface area contributed by atoms with Gasteiger partial charge in [0.15, 0.2) is 0 Å². The summed E-state index contributed by atoms with van der Waals surface area (Å²) in [6.45, 7) is 13.4. The molecule has 20 heavy (non-hydrogen) atoms. The third-order valence-electron chi connectivity index (χ3n) is 5.85. The maximum Gasteiger partial charge on any atom is 0.0100 e. The fraction of sp³-hybridized carbons (Fsp3) is 1.00. The van der Waals surface area contributed by atoms with E-state index in [1.807, 2.05) is 0 Å². The van der Waals surface area contributed by atoms with Gasteiger partial charge >= 0.3 is 0 Å². The monoisotopic (exact) mass is 280 g/mol. The van der Waals surface area contributed by atoms with E-state index in [4.69, 9.17) is 0 Å². The Morgan fingerprint density at radius 3 is 2.50 bits per heavy atom. The summed E-state index contributed by atoms with van der Waals surface area (Å²) in [6.07, 6.45) is 8.53. The Hall–Kier alpha value is -0.0800. The van der Waals surface area contributed by atoms with Crippen LogP contribution < -0.4 is 5.32 Å². The maximum absolute atomic E-state index is 4.04. The molecule has 0 radical (unpaired) electrons. The van der Waals surface area contributed by atoms with Crippen molar-refractivity contribution < 1.29 is 0 Å². The van der Waals surface area contributed by atoms with Crippen LogP contribution in [0.1, 0.15) is 66.2 Å². The van der Waals surface area contributed by atoms with E-state index in [-0.39, 0.29) is 0 Å². The summed E-state index contributed by atoms with van der Waals surface area (Å²) in [4.78, 5) is 2.63. The van der Waals surface area contributed by atoms with Crippen molar-refractivity contribution in [2.75, 3.05) is 19.6 Å². The first-order valence-electron chi connectivity index (χ1n) is 9.10. The first-order chi connectivity index (χ1) is 9.61. The van der Waals surface area contributed by atoms with Crippen molar-refractivity contribution in [2.24, 2.45) is 17.8 Å². The highest BCUT2D eigenvalue weighted by Gasteiger charge is 2.31. The molecule has 1 aliphatic heterocycles. The standard InChI is InChI=1S/C18H36N2/c1-5-20-12-8-9-16(13-20)15(4)19-18-11-7-6-10-17(18)14(2)3/h14-19H,5-13H2,1-4H3. The second-order valence-corrected chi connectivity index (χ2v) is 7.55. The van der Waals surface area contributed by atoms with Crippen LogP contribution in [-0.2, 0) is 0 Å². The molecule has 1 heterocycles. The molecule has 0 aromatic heterocycles. The SMILES string of the molecule is CCN1CCCC(C(C)NC2CCCCC2C(C)C)C1. The lowest BCUT2D eigenvalue weighted by Crippen LogP contribution is -2.50. The van der Waals surface area contributed by atoms with E-state index in [0.717, 1.165) is 23.8 Å². The molecule has 2 heteroatoms. The molecule has 2 aliphatic rings. The molecular formula is C18H36N2. The van der Waals surface area contributed by atoms with Crippen LogP contribution in [0.15, 0.2) is 0 Å². The Morgan fingerprint density at radius 1 is 1.05 bits per heavy atom. The van der Waals surface area contributed by atoms with Gasteiger partial charge in [0.25, 0.3) is 0 Å². The zero-order valence-corrected chi connectivity index (χ0v) is 14.2. The molecule has 1 saturated heterocycles. The van der Waals surface area contributed by atoms with Crippen LogP contribution in [0.2, 0.25) is 0 Å². The van der Waals surface area contributed by atoms with Gasteiger partial charge in [0.1, 0.15) is 0 Å². The van der Waals surface area contributed by atoms with Gasteiger partial charge in [-0.05, 0) is 63.5 Å². The molecule has 1 N–H and O–H groups in total. The fourth-order valence-electron chi connectivity index (χ4n) is 4.42. The van der Waals surface area contributed by atoms with Crippen LogP contribution in [-0.4, -0.2) is 36.6 Å². The number of hydrogen-bond donors (Lipinski definition) is 1. The van der Waals surface area contributed by atoms with Gasteiger partial charge in [0.2, 0.25) is 0 Å². The van der Waals surface area contributed by atoms with E-state index >= 15 is 0 Å². The zero-order valence-electron chi connectivity index (χ0n) is 14.2. The lowest BCUT2D eigenvalue weighted by molar-refractivity contribution is 0.130. The predicted octanol–water partition coefficient (Wildman–Crippen LogP) is 3.91. The van der Waals surface area contributed by atoms with Crippen LogP contribution in [0.4, 0.5) is 0 Å². The van der Waals surface area contributed by atoms with E-state index in [1.165, 1.54) is 58.2 Å². The summed E-state index contributed by atoms with van der Waals surface area (Å²) < 4.78 is 0. The van der Waals surface area contributed by atoms with Crippen LogP contribution in [0.3, 0.4) is 0 Å². The first kappa shape index (κ1) is 16.3. The minimum Gasteiger partial charge on any atom is -0.311 e. The normalized spacial score (nSPS) is 34.4. The minimum absolute atomic E-state index is 0.689. The smallest absolute Gasteiger partial charge is 0.0100 e. The van der Waals surface area contributed by atoms with Crippen molar-refractivity contribution in [3.63, 3.8) is 0 Å². The average Bonchev–Trinajstić information content (AvgIpc) is 2.47. The molecule has 118 valence electrons. The lowest BCUT2D eigenvalue weighted by atomic mass is 9.77. The molecule has 0 aromatic rings. The highest BCUT2D eigenvalue weighted by molar-refractivity contribution is 4.88. The average molecular weight is 280 g/mol. The van der Waals surface area contributed by atoms with E-state index in [2.05, 4.69) is 37.9 Å². The van der Waals surface area contributed by atoms with Gasteiger partial charge in [-0.3, -0.25) is 0 Å². The Kier molecular flexibility index (Phi) is 6.35. The molecule has 4 unspecified atom stereocenters. The molecular weight excluding hydrogens is 244 g/mol. The molecule has 0 aromatic carbocycles. The van der Waals surface area contributed by atoms with Crippen molar-refractivity contribution >= 4 is 0 Å². The van der Waals surface area contributed by atoms with Crippen molar-refractivity contribution in [1.82, 2.24) is 10.2 Å². The minimum atomic E-state index is 0.689. The first-order valence-corrected chi connectivity index (χ1v) is 9.10. The number of nitrogens with one attached hydrogen (secondary N) is 1. The molecule has 2 nitrogen and oxygen atoms in total. The van der Waals surface area contributed by atoms with Crippen LogP contribution in [0.25, 0.3) is 0 Å². The summed E-state index contributed by atoms with van der Waals surface area (Å²) in [5, 5.41) is 4.04. The topological polar surface area (TPSA) is 15.3 Å². The molecule has 0 bridgehead atoms. The van der Waals surface area contributed by atoms with Crippen molar-refractivity contribution in [1.29, 1.82) is 0 Å². The summed E-state index contributed by atoms with van der Waals surface area (Å²) in [5.41, 5.74) is 0. The van der Waals surface area contributed by atoms with Crippen LogP contribution >= 0.6 is 0 Å². The summed E-state index contributed by atoms with van der Waals surface area (Å²) in [7, 11) is 0. The van der Waals surface area contributed by atoms with Gasteiger partial charge in [-0.1, -0.05) is 33.6 Å². The molecule has 2 fully saturated rings. The van der Waals surface area contributed by atoms with Gasteiger partial charge < -0.3 is 10.2 Å². The number of nitrogens with zero attached hydrogens (tertiary/aromatic N) is 1. The van der Waals surface area contributed by atoms with Gasteiger partial charge in [-0.25, -0.2) is 0 Å². The van der Waals surface area contributed by atoms with Crippen molar-refractivity contribution in [2.45, 2.75) is 78.3 Å². The molecule has 1 aliphatic carbocycles. The van der Waals surface area contributed by atoms with Crippen LogP contribution in [0, 0.1) is 17.8 Å². The number of rotatable bonds is 5. The maximum atomic E-state index is 4.04. The van der Waals surface area contributed by atoms with E-state index in [1.54, 1.807) is 0 Å². The largest absolute Gasteiger partial charge is 0.311 e. The second kappa shape index (κ2) is 7.79. The highest BCUT2D eigenvalue weighted by atomic mass is 15.1. The Balaban J connectivity index is 1.87. The third-order valence-corrected chi connectivity index (χ3v) is 5.85. The Bertz CT molecular complexity index is 277. The van der Waals surface area contributed by atoms with Gasteiger partial charge in [0.05, 0.1) is 0 Å². The van der Waals surface area contributed by atoms with Gasteiger partial charge in [-0.2, -0.15) is 0 Å². The zero-order chi connectivity index (χ0) is 14.5. The fourth-order valence-corrected chi connectivity index (χ4v) is 4.42. The predicted molar refractivity (Wildman–Crippen MR) is 88.0 cm³/mol. The molecule has 4 atom stereocenters. The highest BCUT2D eigenvalue weighted by Crippen LogP contribution is 2.31. The number of piperidine rings is 1. The Morgan fingerprint density at radius 2 is 1.80 bits per heavy atom. The van der Waals surface area contributed by atoms with Gasteiger partial charge in [0, 0.05) is 18.6 Å².